The molecular weight excluding hydrogens is 891 g/mol. The van der Waals surface area contributed by atoms with Gasteiger partial charge in [0.1, 0.15) is 0 Å². The molecule has 6 aromatic carbocycles. The van der Waals surface area contributed by atoms with E-state index >= 15 is 0 Å². The fraction of sp³-hybridized carbons (Fsp3) is 0.0435. The second kappa shape index (κ2) is 25.4. The Labute approximate surface area is 383 Å². The maximum Gasteiger partial charge on any atom is 0.271 e. The molecule has 4 N–H and O–H groups in total. The number of hydrogen-bond acceptors (Lipinski definition) is 10. The zero-order valence-corrected chi connectivity index (χ0v) is 39.8. The first-order valence-corrected chi connectivity index (χ1v) is 18.3. The number of rotatable bonds is 12. The molecule has 0 aromatic heterocycles. The standard InChI is InChI=1S/2C23H20N4O3.2Zn/c2*1-16-12-19(14-24-26-22(29)17-8-4-2-5-9-17)21(28)20(13-16)15-25-27-23(30)18-10-6-3-7-11-18;;/h2*2-15,28H,1H3,(H,26,29)(H,27,30);;/p-2/b2*24-14+,25-15+;;. The summed E-state index contributed by atoms with van der Waals surface area (Å²) in [5.74, 6) is -2.16. The molecule has 0 aliphatic carbocycles. The second-order valence-corrected chi connectivity index (χ2v) is 12.8. The van der Waals surface area contributed by atoms with Gasteiger partial charge in [0, 0.05) is 61.2 Å². The monoisotopic (exact) mass is 926 g/mol. The van der Waals surface area contributed by atoms with E-state index in [0.29, 0.717) is 44.5 Å². The number of carbonyl (C=O) groups is 4. The largest absolute Gasteiger partial charge is 0.872 e. The van der Waals surface area contributed by atoms with Crippen molar-refractivity contribution in [2.75, 3.05) is 0 Å². The molecule has 0 spiro atoms. The normalized spacial score (nSPS) is 10.6. The van der Waals surface area contributed by atoms with Gasteiger partial charge in [0.2, 0.25) is 0 Å². The predicted octanol–water partition coefficient (Wildman–Crippen LogP) is 5.19. The van der Waals surface area contributed by atoms with E-state index < -0.39 is 0 Å². The van der Waals surface area contributed by atoms with Crippen molar-refractivity contribution in [3.05, 3.63) is 201 Å². The van der Waals surface area contributed by atoms with Gasteiger partial charge >= 0.3 is 0 Å². The molecule has 0 radical (unpaired) electrons. The quantitative estimate of drug-likeness (QED) is 0.0737. The molecule has 0 bridgehead atoms. The summed E-state index contributed by atoms with van der Waals surface area (Å²) in [6.07, 6.45) is 5.15. The number of aryl methyl sites for hydroxylation is 2. The van der Waals surface area contributed by atoms with E-state index in [1.165, 1.54) is 24.9 Å². The Kier molecular flexibility index (Phi) is 20.1. The van der Waals surface area contributed by atoms with E-state index in [1.54, 1.807) is 121 Å². The molecule has 0 saturated heterocycles. The van der Waals surface area contributed by atoms with Gasteiger partial charge in [0.05, 0.1) is 24.9 Å². The number of nitrogens with zero attached hydrogens (tertiary/aromatic N) is 4. The fourth-order valence-corrected chi connectivity index (χ4v) is 5.30. The Hall–Kier alpha value is -7.27. The third-order valence-corrected chi connectivity index (χ3v) is 8.20. The molecule has 0 aliphatic heterocycles. The van der Waals surface area contributed by atoms with Crippen LogP contribution in [-0.2, 0) is 39.0 Å². The summed E-state index contributed by atoms with van der Waals surface area (Å²) in [5.41, 5.74) is 14.2. The van der Waals surface area contributed by atoms with Crippen LogP contribution in [0.3, 0.4) is 0 Å². The molecular formula is C46H38N8O6Zn2-2. The molecule has 6 aromatic rings. The summed E-state index contributed by atoms with van der Waals surface area (Å²) in [6, 6.07) is 41.1. The van der Waals surface area contributed by atoms with Crippen LogP contribution in [0.1, 0.15) is 74.8 Å². The first-order valence-electron chi connectivity index (χ1n) is 18.3. The van der Waals surface area contributed by atoms with E-state index in [-0.39, 0.29) is 74.1 Å². The van der Waals surface area contributed by atoms with Crippen molar-refractivity contribution in [1.82, 2.24) is 21.7 Å². The van der Waals surface area contributed by atoms with Crippen LogP contribution in [0.5, 0.6) is 11.5 Å². The summed E-state index contributed by atoms with van der Waals surface area (Å²) in [7, 11) is 0. The van der Waals surface area contributed by atoms with Crippen molar-refractivity contribution in [2.45, 2.75) is 13.8 Å². The zero-order chi connectivity index (χ0) is 42.7. The van der Waals surface area contributed by atoms with Crippen LogP contribution in [0.25, 0.3) is 0 Å². The smallest absolute Gasteiger partial charge is 0.271 e. The van der Waals surface area contributed by atoms with E-state index in [4.69, 9.17) is 0 Å². The van der Waals surface area contributed by atoms with Gasteiger partial charge < -0.3 is 10.2 Å². The molecule has 0 atom stereocenters. The Balaban J connectivity index is 0.000000320. The third-order valence-electron chi connectivity index (χ3n) is 8.20. The SMILES string of the molecule is Cc1cc(/C=N/NC(=O)c2ccccc2)c([O-])c(/C=N/NC(=O)c2ccccc2)c1.Cc1cc(/C=N/NC(=O)c2ccccc2)c([O-])c(/C=N/NC(=O)c2ccccc2)c1.[Zn].[Zn]. The molecule has 0 aliphatic rings. The summed E-state index contributed by atoms with van der Waals surface area (Å²) in [4.78, 5) is 48.0. The molecule has 0 heterocycles. The third kappa shape index (κ3) is 15.1. The Morgan fingerprint density at radius 1 is 0.387 bits per heavy atom. The van der Waals surface area contributed by atoms with Crippen LogP contribution in [0, 0.1) is 13.8 Å². The molecule has 0 unspecified atom stereocenters. The van der Waals surface area contributed by atoms with Crippen molar-refractivity contribution in [3.8, 4) is 11.5 Å². The summed E-state index contributed by atoms with van der Waals surface area (Å²) >= 11 is 0. The number of carbonyl (C=O) groups excluding carboxylic acids is 4. The van der Waals surface area contributed by atoms with E-state index in [1.807, 2.05) is 38.1 Å². The van der Waals surface area contributed by atoms with E-state index in [0.717, 1.165) is 11.1 Å². The average Bonchev–Trinajstić information content (AvgIpc) is 3.27. The summed E-state index contributed by atoms with van der Waals surface area (Å²) in [6.45, 7) is 3.64. The van der Waals surface area contributed by atoms with Gasteiger partial charge in [0.15, 0.2) is 0 Å². The van der Waals surface area contributed by atoms with Crippen molar-refractivity contribution < 1.29 is 68.3 Å². The van der Waals surface area contributed by atoms with Gasteiger partial charge in [-0.05, 0) is 95.8 Å². The minimum atomic E-state index is -0.377. The molecule has 4 amide bonds. The van der Waals surface area contributed by atoms with Crippen LogP contribution in [0.4, 0.5) is 0 Å². The second-order valence-electron chi connectivity index (χ2n) is 12.8. The van der Waals surface area contributed by atoms with Gasteiger partial charge in [-0.15, -0.1) is 0 Å². The van der Waals surface area contributed by atoms with Crippen molar-refractivity contribution >= 4 is 48.5 Å². The number of hydrazone groups is 4. The number of nitrogens with one attached hydrogen (secondary N) is 4. The van der Waals surface area contributed by atoms with Crippen LogP contribution < -0.4 is 31.9 Å². The maximum atomic E-state index is 12.6. The molecule has 6 rings (SSSR count). The van der Waals surface area contributed by atoms with Crippen LogP contribution >= 0.6 is 0 Å². The van der Waals surface area contributed by atoms with Crippen LogP contribution in [-0.4, -0.2) is 48.5 Å². The topological polar surface area (TPSA) is 212 Å². The van der Waals surface area contributed by atoms with E-state index in [9.17, 15) is 29.4 Å². The molecule has 62 heavy (non-hydrogen) atoms. The summed E-state index contributed by atoms with van der Waals surface area (Å²) < 4.78 is 0. The van der Waals surface area contributed by atoms with Crippen molar-refractivity contribution in [2.24, 2.45) is 20.4 Å². The van der Waals surface area contributed by atoms with Crippen molar-refractivity contribution in [1.29, 1.82) is 0 Å². The van der Waals surface area contributed by atoms with Gasteiger partial charge in [-0.3, -0.25) is 19.2 Å². The first-order chi connectivity index (χ1) is 29.1. The molecule has 304 valence electrons. The Bertz CT molecular complexity index is 2210. The molecule has 16 heteroatoms. The van der Waals surface area contributed by atoms with Gasteiger partial charge in [0.25, 0.3) is 23.6 Å². The molecule has 0 fully saturated rings. The van der Waals surface area contributed by atoms with Gasteiger partial charge in [-0.2, -0.15) is 20.4 Å². The van der Waals surface area contributed by atoms with Crippen molar-refractivity contribution in [3.63, 3.8) is 0 Å². The maximum absolute atomic E-state index is 12.6. The van der Waals surface area contributed by atoms with Gasteiger partial charge in [-0.25, -0.2) is 21.7 Å². The number of hydrogen-bond donors (Lipinski definition) is 4. The zero-order valence-electron chi connectivity index (χ0n) is 33.8. The van der Waals surface area contributed by atoms with Gasteiger partial charge in [-0.1, -0.05) is 109 Å². The number of amides is 4. The predicted molar refractivity (Wildman–Crippen MR) is 227 cm³/mol. The Morgan fingerprint density at radius 3 is 0.774 bits per heavy atom. The fourth-order valence-electron chi connectivity index (χ4n) is 5.30. The number of benzene rings is 6. The molecule has 14 nitrogen and oxygen atoms in total. The average molecular weight is 930 g/mol. The Morgan fingerprint density at radius 2 is 0.581 bits per heavy atom. The minimum Gasteiger partial charge on any atom is -0.872 e. The van der Waals surface area contributed by atoms with Crippen LogP contribution in [0.15, 0.2) is 166 Å². The summed E-state index contributed by atoms with van der Waals surface area (Å²) in [5, 5.41) is 40.7. The first kappa shape index (κ1) is 49.1. The van der Waals surface area contributed by atoms with E-state index in [2.05, 4.69) is 42.1 Å². The molecule has 0 saturated carbocycles. The van der Waals surface area contributed by atoms with Crippen LogP contribution in [0.2, 0.25) is 0 Å². The minimum absolute atomic E-state index is 0.